The number of nitrogens with one attached hydrogen (secondary N) is 1. The van der Waals surface area contributed by atoms with Crippen molar-refractivity contribution >= 4 is 17.3 Å². The standard InChI is InChI=1S/C13H18F3NO2S/c1-3-12(4-2,11(18)19)8-17-5-9-6-20-7-10(9)13(14,15)16/h6-7,17H,3-5,8H2,1-2H3,(H,18,19). The molecule has 0 saturated heterocycles. The van der Waals surface area contributed by atoms with Crippen LogP contribution >= 0.6 is 11.3 Å². The molecule has 114 valence electrons. The van der Waals surface area contributed by atoms with Gasteiger partial charge < -0.3 is 10.4 Å². The van der Waals surface area contributed by atoms with Gasteiger partial charge in [-0.25, -0.2) is 0 Å². The number of carboxylic acids is 1. The summed E-state index contributed by atoms with van der Waals surface area (Å²) in [5.74, 6) is -0.920. The normalized spacial score (nSPS) is 12.7. The van der Waals surface area contributed by atoms with E-state index in [0.29, 0.717) is 12.8 Å². The van der Waals surface area contributed by atoms with Gasteiger partial charge in [0.05, 0.1) is 11.0 Å². The first kappa shape index (κ1) is 17.0. The Balaban J connectivity index is 2.69. The van der Waals surface area contributed by atoms with E-state index in [9.17, 15) is 23.1 Å². The fourth-order valence-corrected chi connectivity index (χ4v) is 2.89. The smallest absolute Gasteiger partial charge is 0.417 e. The van der Waals surface area contributed by atoms with Gasteiger partial charge in [-0.2, -0.15) is 24.5 Å². The molecule has 7 heteroatoms. The molecule has 0 amide bonds. The highest BCUT2D eigenvalue weighted by Crippen LogP contribution is 2.34. The lowest BCUT2D eigenvalue weighted by Crippen LogP contribution is -2.40. The number of rotatable bonds is 7. The Morgan fingerprint density at radius 3 is 2.35 bits per heavy atom. The van der Waals surface area contributed by atoms with Crippen LogP contribution in [0.15, 0.2) is 10.8 Å². The molecule has 0 spiro atoms. The van der Waals surface area contributed by atoms with E-state index in [-0.39, 0.29) is 18.7 Å². The number of alkyl halides is 3. The number of aliphatic carboxylic acids is 1. The van der Waals surface area contributed by atoms with Crippen LogP contribution in [0.25, 0.3) is 0 Å². The monoisotopic (exact) mass is 309 g/mol. The number of thiophene rings is 1. The number of hydrogen-bond acceptors (Lipinski definition) is 3. The highest BCUT2D eigenvalue weighted by molar-refractivity contribution is 7.08. The number of carbonyl (C=O) groups is 1. The summed E-state index contributed by atoms with van der Waals surface area (Å²) in [7, 11) is 0. The first-order chi connectivity index (χ1) is 9.27. The second-order valence-corrected chi connectivity index (χ2v) is 5.45. The predicted molar refractivity (Wildman–Crippen MR) is 71.7 cm³/mol. The Kier molecular flexibility index (Phi) is 5.59. The van der Waals surface area contributed by atoms with Crippen molar-refractivity contribution in [3.8, 4) is 0 Å². The van der Waals surface area contributed by atoms with Crippen LogP contribution in [0.3, 0.4) is 0 Å². The molecule has 0 fully saturated rings. The Labute approximate surface area is 119 Å². The predicted octanol–water partition coefficient (Wildman–Crippen LogP) is 3.75. The van der Waals surface area contributed by atoms with Crippen LogP contribution in [0.2, 0.25) is 0 Å². The van der Waals surface area contributed by atoms with E-state index in [2.05, 4.69) is 5.32 Å². The Bertz CT molecular complexity index is 453. The second-order valence-electron chi connectivity index (χ2n) is 4.70. The molecule has 0 radical (unpaired) electrons. The van der Waals surface area contributed by atoms with Gasteiger partial charge in [0.15, 0.2) is 0 Å². The van der Waals surface area contributed by atoms with Gasteiger partial charge in [-0.05, 0) is 23.8 Å². The summed E-state index contributed by atoms with van der Waals surface area (Å²) in [5, 5.41) is 14.6. The lowest BCUT2D eigenvalue weighted by molar-refractivity contribution is -0.149. The van der Waals surface area contributed by atoms with E-state index in [0.717, 1.165) is 16.7 Å². The van der Waals surface area contributed by atoms with Crippen LogP contribution in [0, 0.1) is 5.41 Å². The molecule has 0 bridgehead atoms. The maximum absolute atomic E-state index is 12.7. The Morgan fingerprint density at radius 1 is 1.30 bits per heavy atom. The van der Waals surface area contributed by atoms with E-state index in [1.807, 2.05) is 0 Å². The van der Waals surface area contributed by atoms with Crippen LogP contribution in [0.1, 0.15) is 37.8 Å². The summed E-state index contributed by atoms with van der Waals surface area (Å²) >= 11 is 0.993. The molecular weight excluding hydrogens is 291 g/mol. The number of halogens is 3. The zero-order valence-corrected chi connectivity index (χ0v) is 12.2. The molecular formula is C13H18F3NO2S. The van der Waals surface area contributed by atoms with Gasteiger partial charge in [0.2, 0.25) is 0 Å². The Hall–Kier alpha value is -1.08. The molecule has 20 heavy (non-hydrogen) atoms. The van der Waals surface area contributed by atoms with E-state index in [4.69, 9.17) is 0 Å². The average Bonchev–Trinajstić information content (AvgIpc) is 2.83. The SMILES string of the molecule is CCC(CC)(CNCc1cscc1C(F)(F)F)C(=O)O. The maximum atomic E-state index is 12.7. The van der Waals surface area contributed by atoms with Crippen LogP contribution in [-0.4, -0.2) is 17.6 Å². The third-order valence-corrected chi connectivity index (χ3v) is 4.43. The van der Waals surface area contributed by atoms with Crippen molar-refractivity contribution in [1.82, 2.24) is 5.32 Å². The summed E-state index contributed by atoms with van der Waals surface area (Å²) in [5.41, 5.74) is -1.41. The largest absolute Gasteiger partial charge is 0.481 e. The van der Waals surface area contributed by atoms with Crippen molar-refractivity contribution in [2.45, 2.75) is 39.4 Å². The van der Waals surface area contributed by atoms with E-state index in [1.54, 1.807) is 13.8 Å². The molecule has 0 aromatic carbocycles. The van der Waals surface area contributed by atoms with Crippen molar-refractivity contribution in [3.63, 3.8) is 0 Å². The molecule has 2 N–H and O–H groups in total. The van der Waals surface area contributed by atoms with E-state index < -0.39 is 23.1 Å². The molecule has 1 aromatic rings. The minimum absolute atomic E-state index is 0.0212. The van der Waals surface area contributed by atoms with Crippen molar-refractivity contribution in [3.05, 3.63) is 21.9 Å². The Morgan fingerprint density at radius 2 is 1.90 bits per heavy atom. The highest BCUT2D eigenvalue weighted by Gasteiger charge is 2.36. The molecule has 0 aliphatic carbocycles. The highest BCUT2D eigenvalue weighted by atomic mass is 32.1. The van der Waals surface area contributed by atoms with Crippen molar-refractivity contribution in [2.75, 3.05) is 6.54 Å². The maximum Gasteiger partial charge on any atom is 0.417 e. The van der Waals surface area contributed by atoms with Gasteiger partial charge >= 0.3 is 12.1 Å². The minimum atomic E-state index is -4.36. The third kappa shape index (κ3) is 3.73. The molecule has 3 nitrogen and oxygen atoms in total. The zero-order valence-electron chi connectivity index (χ0n) is 11.4. The van der Waals surface area contributed by atoms with Gasteiger partial charge in [0, 0.05) is 18.5 Å². The fourth-order valence-electron chi connectivity index (χ4n) is 2.02. The van der Waals surface area contributed by atoms with Gasteiger partial charge in [-0.3, -0.25) is 4.79 Å². The summed E-state index contributed by atoms with van der Waals surface area (Å²) in [6.45, 7) is 3.71. The van der Waals surface area contributed by atoms with Crippen LogP contribution in [0.5, 0.6) is 0 Å². The first-order valence-electron chi connectivity index (χ1n) is 6.33. The van der Waals surface area contributed by atoms with E-state index >= 15 is 0 Å². The summed E-state index contributed by atoms with van der Waals surface area (Å²) in [4.78, 5) is 11.3. The van der Waals surface area contributed by atoms with Gasteiger partial charge in [0.25, 0.3) is 0 Å². The summed E-state index contributed by atoms with van der Waals surface area (Å²) in [6, 6.07) is 0. The van der Waals surface area contributed by atoms with Crippen LogP contribution < -0.4 is 5.32 Å². The molecule has 1 rings (SSSR count). The van der Waals surface area contributed by atoms with E-state index in [1.165, 1.54) is 5.38 Å². The summed E-state index contributed by atoms with van der Waals surface area (Å²) in [6.07, 6.45) is -3.50. The van der Waals surface area contributed by atoms with Crippen molar-refractivity contribution in [2.24, 2.45) is 5.41 Å². The topological polar surface area (TPSA) is 49.3 Å². The fraction of sp³-hybridized carbons (Fsp3) is 0.615. The third-order valence-electron chi connectivity index (χ3n) is 3.63. The van der Waals surface area contributed by atoms with Gasteiger partial charge in [-0.15, -0.1) is 0 Å². The summed E-state index contributed by atoms with van der Waals surface area (Å²) < 4.78 is 38.1. The van der Waals surface area contributed by atoms with Crippen LogP contribution in [0.4, 0.5) is 13.2 Å². The van der Waals surface area contributed by atoms with Gasteiger partial charge in [-0.1, -0.05) is 13.8 Å². The minimum Gasteiger partial charge on any atom is -0.481 e. The average molecular weight is 309 g/mol. The van der Waals surface area contributed by atoms with Crippen molar-refractivity contribution in [1.29, 1.82) is 0 Å². The molecule has 1 heterocycles. The molecule has 0 aliphatic rings. The molecule has 1 aromatic heterocycles. The molecule has 0 atom stereocenters. The number of hydrogen-bond donors (Lipinski definition) is 2. The second kappa shape index (κ2) is 6.58. The molecule has 0 aliphatic heterocycles. The lowest BCUT2D eigenvalue weighted by atomic mass is 9.82. The van der Waals surface area contributed by atoms with Crippen molar-refractivity contribution < 1.29 is 23.1 Å². The molecule has 0 saturated carbocycles. The molecule has 0 unspecified atom stereocenters. The van der Waals surface area contributed by atoms with Gasteiger partial charge in [0.1, 0.15) is 0 Å². The quantitative estimate of drug-likeness (QED) is 0.806. The first-order valence-corrected chi connectivity index (χ1v) is 7.27. The van der Waals surface area contributed by atoms with Crippen LogP contribution in [-0.2, 0) is 17.5 Å². The zero-order chi connectivity index (χ0) is 15.4. The number of carboxylic acid groups (broad SMARTS) is 1. The lowest BCUT2D eigenvalue weighted by Gasteiger charge is -2.27.